The Bertz CT molecular complexity index is 1080. The van der Waals surface area contributed by atoms with E-state index in [1.165, 1.54) is 6.92 Å². The lowest BCUT2D eigenvalue weighted by Gasteiger charge is -2.39. The van der Waals surface area contributed by atoms with Crippen LogP contribution in [0.3, 0.4) is 0 Å². The van der Waals surface area contributed by atoms with E-state index in [9.17, 15) is 14.4 Å². The molecule has 2 aliphatic rings. The molecule has 8 nitrogen and oxygen atoms in total. The van der Waals surface area contributed by atoms with Crippen LogP contribution in [0, 0.1) is 5.41 Å². The first-order valence-electron chi connectivity index (χ1n) is 12.8. The maximum atomic E-state index is 13.4. The van der Waals surface area contributed by atoms with Gasteiger partial charge in [0.1, 0.15) is 6.04 Å². The molecule has 0 aliphatic carbocycles. The van der Waals surface area contributed by atoms with Gasteiger partial charge in [0.15, 0.2) is 0 Å². The van der Waals surface area contributed by atoms with Gasteiger partial charge >= 0.3 is 0 Å². The van der Waals surface area contributed by atoms with Gasteiger partial charge in [0.05, 0.1) is 23.5 Å². The molecular formula is C28H38N4O4. The molecule has 1 N–H and O–H groups in total. The molecular weight excluding hydrogens is 456 g/mol. The average Bonchev–Trinajstić information content (AvgIpc) is 3.52. The fourth-order valence-electron chi connectivity index (χ4n) is 5.23. The Morgan fingerprint density at radius 2 is 1.58 bits per heavy atom. The van der Waals surface area contributed by atoms with Crippen molar-refractivity contribution in [1.82, 2.24) is 19.7 Å². The molecule has 36 heavy (non-hydrogen) atoms. The van der Waals surface area contributed by atoms with Gasteiger partial charge < -0.3 is 24.4 Å². The van der Waals surface area contributed by atoms with Crippen molar-refractivity contribution < 1.29 is 19.1 Å². The second kappa shape index (κ2) is 10.5. The summed E-state index contributed by atoms with van der Waals surface area (Å²) in [5, 5.41) is 2.77. The Balaban J connectivity index is 1.38. The number of nitrogens with zero attached hydrogens (tertiary/aromatic N) is 3. The van der Waals surface area contributed by atoms with Crippen LogP contribution in [-0.2, 0) is 14.3 Å². The number of carbonyl (C=O) groups is 3. The van der Waals surface area contributed by atoms with Crippen LogP contribution in [0.5, 0.6) is 0 Å². The molecule has 0 bridgehead atoms. The first-order valence-corrected chi connectivity index (χ1v) is 12.8. The highest BCUT2D eigenvalue weighted by Gasteiger charge is 2.44. The molecule has 0 unspecified atom stereocenters. The molecule has 2 aromatic rings. The zero-order valence-electron chi connectivity index (χ0n) is 21.8. The molecule has 2 fully saturated rings. The monoisotopic (exact) mass is 494 g/mol. The smallest absolute Gasteiger partial charge is 0.255 e. The molecule has 8 heteroatoms. The molecule has 2 saturated heterocycles. The number of amides is 3. The van der Waals surface area contributed by atoms with Crippen LogP contribution >= 0.6 is 0 Å². The number of rotatable bonds is 6. The summed E-state index contributed by atoms with van der Waals surface area (Å²) in [6.45, 7) is 10.0. The van der Waals surface area contributed by atoms with Crippen molar-refractivity contribution in [3.8, 4) is 5.69 Å². The third kappa shape index (κ3) is 5.98. The minimum atomic E-state index is -0.691. The minimum Gasteiger partial charge on any atom is -0.373 e. The van der Waals surface area contributed by atoms with Gasteiger partial charge in [-0.2, -0.15) is 0 Å². The molecule has 194 valence electrons. The number of carbonyl (C=O) groups excluding carboxylic acids is 3. The van der Waals surface area contributed by atoms with Gasteiger partial charge in [-0.15, -0.1) is 0 Å². The summed E-state index contributed by atoms with van der Waals surface area (Å²) in [6, 6.07) is 10.9. The highest BCUT2D eigenvalue weighted by Crippen LogP contribution is 2.41. The van der Waals surface area contributed by atoms with E-state index in [2.05, 4.69) is 5.32 Å². The maximum absolute atomic E-state index is 13.4. The SMILES string of the molecule is CC(=O)N[C@@H](COC(C)(C)C)C(=O)N1CCC2(CCN(C(=O)c3ccccc3-n3cccc3)CC2)C1. The lowest BCUT2D eigenvalue weighted by molar-refractivity contribution is -0.139. The molecule has 2 aliphatic heterocycles. The normalized spacial score (nSPS) is 18.3. The largest absolute Gasteiger partial charge is 0.373 e. The van der Waals surface area contributed by atoms with Gasteiger partial charge in [-0.05, 0) is 69.7 Å². The Morgan fingerprint density at radius 3 is 2.19 bits per heavy atom. The summed E-state index contributed by atoms with van der Waals surface area (Å²) in [7, 11) is 0. The third-order valence-electron chi connectivity index (χ3n) is 7.24. The molecule has 1 aromatic heterocycles. The zero-order valence-corrected chi connectivity index (χ0v) is 21.8. The van der Waals surface area contributed by atoms with Crippen molar-refractivity contribution >= 4 is 17.7 Å². The van der Waals surface area contributed by atoms with Crippen molar-refractivity contribution in [3.63, 3.8) is 0 Å². The highest BCUT2D eigenvalue weighted by molar-refractivity contribution is 5.98. The van der Waals surface area contributed by atoms with Crippen molar-refractivity contribution in [3.05, 3.63) is 54.4 Å². The number of aromatic nitrogens is 1. The van der Waals surface area contributed by atoms with Crippen molar-refractivity contribution in [2.45, 2.75) is 58.6 Å². The Morgan fingerprint density at radius 1 is 0.972 bits per heavy atom. The summed E-state index contributed by atoms with van der Waals surface area (Å²) in [6.07, 6.45) is 6.52. The van der Waals surface area contributed by atoms with Crippen LogP contribution in [0.4, 0.5) is 0 Å². The number of benzene rings is 1. The molecule has 0 saturated carbocycles. The third-order valence-corrected chi connectivity index (χ3v) is 7.24. The second-order valence-corrected chi connectivity index (χ2v) is 11.1. The van der Waals surface area contributed by atoms with E-state index in [1.807, 2.05) is 83.9 Å². The van der Waals surface area contributed by atoms with E-state index in [4.69, 9.17) is 4.74 Å². The highest BCUT2D eigenvalue weighted by atomic mass is 16.5. The quantitative estimate of drug-likeness (QED) is 0.668. The average molecular weight is 495 g/mol. The number of hydrogen-bond donors (Lipinski definition) is 1. The van der Waals surface area contributed by atoms with E-state index in [0.29, 0.717) is 31.7 Å². The van der Waals surface area contributed by atoms with E-state index in [-0.39, 0.29) is 29.7 Å². The summed E-state index contributed by atoms with van der Waals surface area (Å²) in [5.41, 5.74) is 1.19. The molecule has 3 heterocycles. The van der Waals surface area contributed by atoms with Gasteiger partial charge in [-0.25, -0.2) is 0 Å². The summed E-state index contributed by atoms with van der Waals surface area (Å²) >= 11 is 0. The van der Waals surface area contributed by atoms with Crippen LogP contribution in [0.1, 0.15) is 57.3 Å². The van der Waals surface area contributed by atoms with Crippen LogP contribution in [0.15, 0.2) is 48.8 Å². The Labute approximate surface area is 213 Å². The molecule has 0 radical (unpaired) electrons. The molecule has 1 spiro atoms. The lowest BCUT2D eigenvalue weighted by atomic mass is 9.77. The second-order valence-electron chi connectivity index (χ2n) is 11.1. The molecule has 1 aromatic carbocycles. The fourth-order valence-corrected chi connectivity index (χ4v) is 5.23. The van der Waals surface area contributed by atoms with Gasteiger partial charge in [0.2, 0.25) is 11.8 Å². The summed E-state index contributed by atoms with van der Waals surface area (Å²) in [4.78, 5) is 42.3. The van der Waals surface area contributed by atoms with Crippen molar-refractivity contribution in [2.24, 2.45) is 5.41 Å². The Kier molecular flexibility index (Phi) is 7.54. The summed E-state index contributed by atoms with van der Waals surface area (Å²) in [5.74, 6) is -0.289. The van der Waals surface area contributed by atoms with Crippen LogP contribution in [0.2, 0.25) is 0 Å². The van der Waals surface area contributed by atoms with Crippen molar-refractivity contribution in [1.29, 1.82) is 0 Å². The van der Waals surface area contributed by atoms with Crippen LogP contribution in [0.25, 0.3) is 5.69 Å². The number of nitrogens with one attached hydrogen (secondary N) is 1. The predicted molar refractivity (Wildman–Crippen MR) is 138 cm³/mol. The first-order chi connectivity index (χ1) is 17.1. The molecule has 3 amide bonds. The van der Waals surface area contributed by atoms with Gasteiger partial charge in [0.25, 0.3) is 5.91 Å². The van der Waals surface area contributed by atoms with E-state index >= 15 is 0 Å². The number of ether oxygens (including phenoxy) is 1. The number of para-hydroxylation sites is 1. The molecule has 1 atom stereocenters. The molecule has 4 rings (SSSR count). The minimum absolute atomic E-state index is 0.0119. The maximum Gasteiger partial charge on any atom is 0.255 e. The van der Waals surface area contributed by atoms with Crippen molar-refractivity contribution in [2.75, 3.05) is 32.8 Å². The van der Waals surface area contributed by atoms with E-state index in [0.717, 1.165) is 24.9 Å². The lowest BCUT2D eigenvalue weighted by Crippen LogP contribution is -2.51. The standard InChI is InChI=1S/C28H38N4O4/c1-21(33)29-23(19-36-27(2,3)4)26(35)32-18-13-28(20-32)11-16-31(17-12-28)25(34)22-9-5-6-10-24(22)30-14-7-8-15-30/h5-10,14-15,23H,11-13,16-20H2,1-4H3,(H,29,33)/t23-/m0/s1. The summed E-state index contributed by atoms with van der Waals surface area (Å²) < 4.78 is 7.79. The van der Waals surface area contributed by atoms with E-state index in [1.54, 1.807) is 0 Å². The first kappa shape index (κ1) is 25.9. The predicted octanol–water partition coefficient (Wildman–Crippen LogP) is 3.25. The van der Waals surface area contributed by atoms with Crippen LogP contribution < -0.4 is 5.32 Å². The number of likely N-dealkylation sites (tertiary alicyclic amines) is 2. The number of piperidine rings is 1. The topological polar surface area (TPSA) is 83.9 Å². The van der Waals surface area contributed by atoms with E-state index < -0.39 is 11.6 Å². The van der Waals surface area contributed by atoms with Crippen LogP contribution in [-0.4, -0.2) is 76.5 Å². The fraction of sp³-hybridized carbons (Fsp3) is 0.536. The van der Waals surface area contributed by atoms with Gasteiger partial charge in [0, 0.05) is 45.5 Å². The van der Waals surface area contributed by atoms with Gasteiger partial charge in [-0.3, -0.25) is 14.4 Å². The number of hydrogen-bond acceptors (Lipinski definition) is 4. The zero-order chi connectivity index (χ0) is 25.9. The van der Waals surface area contributed by atoms with Gasteiger partial charge in [-0.1, -0.05) is 12.1 Å². The Hall–Kier alpha value is -3.13.